The second-order valence-corrected chi connectivity index (χ2v) is 5.55. The van der Waals surface area contributed by atoms with Crippen LogP contribution in [0.3, 0.4) is 0 Å². The average molecular weight is 258 g/mol. The van der Waals surface area contributed by atoms with Gasteiger partial charge in [0.05, 0.1) is 4.88 Å². The summed E-state index contributed by atoms with van der Waals surface area (Å²) >= 11 is 1.57. The fourth-order valence-electron chi connectivity index (χ4n) is 2.34. The molecule has 1 aliphatic rings. The molecule has 0 bridgehead atoms. The number of fused-ring (bicyclic) bond motifs is 1. The molecule has 0 saturated heterocycles. The first kappa shape index (κ1) is 11.4. The van der Waals surface area contributed by atoms with Gasteiger partial charge in [-0.25, -0.2) is 0 Å². The number of aryl methyl sites for hydroxylation is 2. The van der Waals surface area contributed by atoms with Crippen LogP contribution < -0.4 is 4.74 Å². The molecule has 0 spiro atoms. The standard InChI is InChI=1S/C15H14O2S/c1-9-6-10(2)14-11(7-9)8-12(16)15(17-14)13-4-3-5-18-13/h3-7,16H,8H2,1-2H3. The van der Waals surface area contributed by atoms with Gasteiger partial charge in [-0.05, 0) is 30.9 Å². The predicted molar refractivity (Wildman–Crippen MR) is 74.1 cm³/mol. The molecule has 2 nitrogen and oxygen atoms in total. The quantitative estimate of drug-likeness (QED) is 0.829. The Bertz CT molecular complexity index is 624. The molecule has 1 aromatic heterocycles. The van der Waals surface area contributed by atoms with E-state index in [-0.39, 0.29) is 0 Å². The third kappa shape index (κ3) is 1.81. The SMILES string of the molecule is Cc1cc(C)c2c(c1)CC(O)=C(c1cccs1)O2. The number of hydrogen-bond acceptors (Lipinski definition) is 3. The zero-order valence-corrected chi connectivity index (χ0v) is 11.2. The van der Waals surface area contributed by atoms with Crippen LogP contribution in [-0.4, -0.2) is 5.11 Å². The minimum atomic E-state index is 0.315. The summed E-state index contributed by atoms with van der Waals surface area (Å²) in [5.74, 6) is 1.81. The van der Waals surface area contributed by atoms with E-state index < -0.39 is 0 Å². The van der Waals surface area contributed by atoms with Gasteiger partial charge in [-0.3, -0.25) is 0 Å². The van der Waals surface area contributed by atoms with E-state index >= 15 is 0 Å². The van der Waals surface area contributed by atoms with Gasteiger partial charge in [0.2, 0.25) is 0 Å². The summed E-state index contributed by atoms with van der Waals surface area (Å²) in [6, 6.07) is 8.10. The lowest BCUT2D eigenvalue weighted by atomic mass is 10.00. The number of benzene rings is 1. The molecule has 3 heteroatoms. The first-order chi connectivity index (χ1) is 8.65. The maximum atomic E-state index is 10.1. The Labute approximate surface area is 110 Å². The van der Waals surface area contributed by atoms with E-state index in [1.54, 1.807) is 11.3 Å². The molecule has 1 aromatic carbocycles. The Balaban J connectivity index is 2.08. The fourth-order valence-corrected chi connectivity index (χ4v) is 3.07. The highest BCUT2D eigenvalue weighted by molar-refractivity contribution is 7.11. The molecule has 2 heterocycles. The molecular formula is C15H14O2S. The Morgan fingerprint density at radius 2 is 2.11 bits per heavy atom. The Morgan fingerprint density at radius 3 is 2.83 bits per heavy atom. The lowest BCUT2D eigenvalue weighted by Gasteiger charge is -2.22. The van der Waals surface area contributed by atoms with E-state index in [0.717, 1.165) is 21.8 Å². The van der Waals surface area contributed by atoms with E-state index in [1.165, 1.54) is 5.56 Å². The molecule has 0 fully saturated rings. The largest absolute Gasteiger partial charge is 0.508 e. The van der Waals surface area contributed by atoms with Crippen LogP contribution in [0.25, 0.3) is 5.76 Å². The number of hydrogen-bond donors (Lipinski definition) is 1. The zero-order chi connectivity index (χ0) is 12.7. The minimum absolute atomic E-state index is 0.315. The van der Waals surface area contributed by atoms with E-state index in [9.17, 15) is 5.11 Å². The van der Waals surface area contributed by atoms with Crippen molar-refractivity contribution < 1.29 is 9.84 Å². The molecule has 0 amide bonds. The van der Waals surface area contributed by atoms with E-state index in [0.29, 0.717) is 17.9 Å². The van der Waals surface area contributed by atoms with Crippen LogP contribution in [0.4, 0.5) is 0 Å². The fraction of sp³-hybridized carbons (Fsp3) is 0.200. The summed E-state index contributed by atoms with van der Waals surface area (Å²) in [7, 11) is 0. The lowest BCUT2D eigenvalue weighted by molar-refractivity contribution is 0.358. The third-order valence-electron chi connectivity index (χ3n) is 3.06. The molecule has 0 unspecified atom stereocenters. The van der Waals surface area contributed by atoms with Crippen LogP contribution in [0.1, 0.15) is 21.6 Å². The van der Waals surface area contributed by atoms with Crippen LogP contribution in [-0.2, 0) is 6.42 Å². The van der Waals surface area contributed by atoms with Crippen LogP contribution >= 0.6 is 11.3 Å². The topological polar surface area (TPSA) is 29.5 Å². The first-order valence-corrected chi connectivity index (χ1v) is 6.77. The minimum Gasteiger partial charge on any atom is -0.508 e. The smallest absolute Gasteiger partial charge is 0.182 e. The average Bonchev–Trinajstić information content (AvgIpc) is 2.81. The molecule has 0 radical (unpaired) electrons. The number of allylic oxidation sites excluding steroid dienone is 1. The van der Waals surface area contributed by atoms with Gasteiger partial charge < -0.3 is 9.84 Å². The van der Waals surface area contributed by atoms with Crippen LogP contribution in [0.5, 0.6) is 5.75 Å². The normalized spacial score (nSPS) is 14.3. The highest BCUT2D eigenvalue weighted by Gasteiger charge is 2.23. The second kappa shape index (κ2) is 4.18. The molecule has 18 heavy (non-hydrogen) atoms. The van der Waals surface area contributed by atoms with E-state index in [4.69, 9.17) is 4.74 Å². The maximum Gasteiger partial charge on any atom is 0.182 e. The van der Waals surface area contributed by atoms with E-state index in [1.807, 2.05) is 24.4 Å². The zero-order valence-electron chi connectivity index (χ0n) is 10.4. The number of rotatable bonds is 1. The van der Waals surface area contributed by atoms with Crippen molar-refractivity contribution in [3.8, 4) is 5.75 Å². The van der Waals surface area contributed by atoms with Crippen LogP contribution in [0.15, 0.2) is 35.4 Å². The summed E-state index contributed by atoms with van der Waals surface area (Å²) in [4.78, 5) is 0.970. The van der Waals surface area contributed by atoms with Gasteiger partial charge >= 0.3 is 0 Å². The van der Waals surface area contributed by atoms with Crippen molar-refractivity contribution in [2.75, 3.05) is 0 Å². The van der Waals surface area contributed by atoms with Crippen LogP contribution in [0, 0.1) is 13.8 Å². The molecule has 92 valence electrons. The molecule has 0 aliphatic carbocycles. The summed E-state index contributed by atoms with van der Waals surface area (Å²) in [5.41, 5.74) is 3.37. The summed E-state index contributed by atoms with van der Waals surface area (Å²) < 4.78 is 5.91. The van der Waals surface area contributed by atoms with Gasteiger partial charge in [-0.15, -0.1) is 11.3 Å². The summed E-state index contributed by atoms with van der Waals surface area (Å²) in [6.07, 6.45) is 0.547. The van der Waals surface area contributed by atoms with Crippen molar-refractivity contribution in [2.45, 2.75) is 20.3 Å². The third-order valence-corrected chi connectivity index (χ3v) is 3.93. The first-order valence-electron chi connectivity index (χ1n) is 5.89. The summed E-state index contributed by atoms with van der Waals surface area (Å²) in [6.45, 7) is 4.10. The molecule has 0 atom stereocenters. The monoisotopic (exact) mass is 258 g/mol. The molecule has 0 saturated carbocycles. The predicted octanol–water partition coefficient (Wildman–Crippen LogP) is 4.23. The van der Waals surface area contributed by atoms with Crippen molar-refractivity contribution in [1.29, 1.82) is 0 Å². The molecule has 1 aliphatic heterocycles. The van der Waals surface area contributed by atoms with Crippen molar-refractivity contribution in [3.05, 3.63) is 57.0 Å². The number of aliphatic hydroxyl groups excluding tert-OH is 1. The second-order valence-electron chi connectivity index (χ2n) is 4.60. The molecule has 2 aromatic rings. The van der Waals surface area contributed by atoms with Crippen LogP contribution in [0.2, 0.25) is 0 Å². The van der Waals surface area contributed by atoms with Gasteiger partial charge in [0.1, 0.15) is 11.5 Å². The van der Waals surface area contributed by atoms with Gasteiger partial charge in [-0.2, -0.15) is 0 Å². The molecule has 3 rings (SSSR count). The van der Waals surface area contributed by atoms with Gasteiger partial charge in [0, 0.05) is 12.0 Å². The van der Waals surface area contributed by atoms with Gasteiger partial charge in [0.25, 0.3) is 0 Å². The number of aliphatic hydroxyl groups is 1. The van der Waals surface area contributed by atoms with E-state index in [2.05, 4.69) is 19.1 Å². The lowest BCUT2D eigenvalue weighted by Crippen LogP contribution is -2.10. The molecular weight excluding hydrogens is 244 g/mol. The van der Waals surface area contributed by atoms with Crippen molar-refractivity contribution in [2.24, 2.45) is 0 Å². The van der Waals surface area contributed by atoms with Gasteiger partial charge in [-0.1, -0.05) is 23.8 Å². The molecule has 1 N–H and O–H groups in total. The van der Waals surface area contributed by atoms with Crippen molar-refractivity contribution in [3.63, 3.8) is 0 Å². The van der Waals surface area contributed by atoms with Crippen molar-refractivity contribution >= 4 is 17.1 Å². The highest BCUT2D eigenvalue weighted by atomic mass is 32.1. The van der Waals surface area contributed by atoms with Crippen molar-refractivity contribution in [1.82, 2.24) is 0 Å². The number of thiophene rings is 1. The van der Waals surface area contributed by atoms with Gasteiger partial charge in [0.15, 0.2) is 5.76 Å². The number of ether oxygens (including phenoxy) is 1. The highest BCUT2D eigenvalue weighted by Crippen LogP contribution is 2.37. The Morgan fingerprint density at radius 1 is 1.28 bits per heavy atom. The summed E-state index contributed by atoms with van der Waals surface area (Å²) in [5, 5.41) is 12.1. The Hall–Kier alpha value is -1.74. The maximum absolute atomic E-state index is 10.1. The Kier molecular flexibility index (Phi) is 2.63.